The van der Waals surface area contributed by atoms with E-state index in [1.165, 1.54) is 22.8 Å². The van der Waals surface area contributed by atoms with Gasteiger partial charge in [0.25, 0.3) is 0 Å². The molecule has 1 aromatic heterocycles. The first-order chi connectivity index (χ1) is 12.8. The number of urea groups is 1. The Hall–Kier alpha value is -2.17. The number of carbonyl (C=O) groups excluding carboxylic acids is 1. The van der Waals surface area contributed by atoms with Crippen LogP contribution in [0.25, 0.3) is 0 Å². The van der Waals surface area contributed by atoms with Crippen molar-refractivity contribution >= 4 is 38.2 Å². The van der Waals surface area contributed by atoms with E-state index in [0.29, 0.717) is 36.1 Å². The average Bonchev–Trinajstić information content (AvgIpc) is 3.03. The molecule has 0 unspecified atom stereocenters. The van der Waals surface area contributed by atoms with Crippen LogP contribution in [-0.4, -0.2) is 42.6 Å². The monoisotopic (exact) mass is 410 g/mol. The highest BCUT2D eigenvalue weighted by atomic mass is 32.2. The number of nitrogens with zero attached hydrogens (tertiary/aromatic N) is 2. The smallest absolute Gasteiger partial charge is 0.325 e. The van der Waals surface area contributed by atoms with Gasteiger partial charge in [-0.15, -0.1) is 0 Å². The number of hydrogen-bond acceptors (Lipinski definition) is 6. The number of para-hydroxylation sites is 2. The van der Waals surface area contributed by atoms with E-state index in [4.69, 9.17) is 4.74 Å². The second-order valence-corrected chi connectivity index (χ2v) is 9.92. The van der Waals surface area contributed by atoms with Crippen LogP contribution in [0.4, 0.5) is 15.6 Å². The number of carbonyl (C=O) groups is 1. The summed E-state index contributed by atoms with van der Waals surface area (Å²) < 4.78 is 31.4. The van der Waals surface area contributed by atoms with Crippen molar-refractivity contribution in [1.29, 1.82) is 0 Å². The molecule has 1 aliphatic rings. The second kappa shape index (κ2) is 7.83. The molecule has 0 spiro atoms. The van der Waals surface area contributed by atoms with Crippen molar-refractivity contribution in [1.82, 2.24) is 9.29 Å². The van der Waals surface area contributed by atoms with Gasteiger partial charge in [-0.2, -0.15) is 4.31 Å². The Morgan fingerprint density at radius 3 is 2.74 bits per heavy atom. The van der Waals surface area contributed by atoms with Crippen LogP contribution < -0.4 is 15.4 Å². The first-order valence-electron chi connectivity index (χ1n) is 8.50. The van der Waals surface area contributed by atoms with Gasteiger partial charge in [-0.1, -0.05) is 23.5 Å². The van der Waals surface area contributed by atoms with E-state index in [9.17, 15) is 13.2 Å². The number of methoxy groups -OCH3 is 1. The van der Waals surface area contributed by atoms with Crippen molar-refractivity contribution in [2.45, 2.75) is 32.1 Å². The molecule has 3 rings (SSSR count). The minimum atomic E-state index is -3.31. The second-order valence-electron chi connectivity index (χ2n) is 6.35. The van der Waals surface area contributed by atoms with Gasteiger partial charge >= 0.3 is 6.03 Å². The average molecular weight is 411 g/mol. The summed E-state index contributed by atoms with van der Waals surface area (Å²) in [5.41, 5.74) is 1.39. The number of amides is 2. The van der Waals surface area contributed by atoms with E-state index in [1.54, 1.807) is 32.0 Å². The van der Waals surface area contributed by atoms with E-state index < -0.39 is 21.3 Å². The van der Waals surface area contributed by atoms with Crippen molar-refractivity contribution in [3.8, 4) is 5.75 Å². The molecule has 0 fully saturated rings. The van der Waals surface area contributed by atoms with Crippen LogP contribution in [0.1, 0.15) is 24.4 Å². The lowest BCUT2D eigenvalue weighted by Gasteiger charge is -2.26. The molecule has 0 radical (unpaired) electrons. The molecule has 10 heteroatoms. The number of rotatable bonds is 5. The summed E-state index contributed by atoms with van der Waals surface area (Å²) in [6.07, 6.45) is 0.535. The highest BCUT2D eigenvalue weighted by Crippen LogP contribution is 2.30. The Kier molecular flexibility index (Phi) is 5.68. The van der Waals surface area contributed by atoms with E-state index in [-0.39, 0.29) is 0 Å². The molecule has 0 atom stereocenters. The van der Waals surface area contributed by atoms with Crippen molar-refractivity contribution in [2.24, 2.45) is 0 Å². The molecule has 0 saturated heterocycles. The van der Waals surface area contributed by atoms with Gasteiger partial charge in [0.1, 0.15) is 5.75 Å². The molecule has 2 amide bonds. The number of fused-ring (bicyclic) bond motifs is 1. The molecule has 2 heterocycles. The number of sulfonamides is 1. The minimum absolute atomic E-state index is 0.295. The molecule has 0 aliphatic carbocycles. The zero-order valence-electron chi connectivity index (χ0n) is 15.4. The zero-order valence-corrected chi connectivity index (χ0v) is 17.0. The summed E-state index contributed by atoms with van der Waals surface area (Å²) in [5.74, 6) is 0.556. The van der Waals surface area contributed by atoms with E-state index in [1.807, 2.05) is 6.07 Å². The number of thiazole rings is 1. The Balaban J connectivity index is 1.69. The number of ether oxygens (including phenoxy) is 1. The SMILES string of the molecule is COc1ccccc1NC(=O)Nc1nc2c(s1)CN(S(=O)(=O)C(C)C)CC2. The maximum Gasteiger partial charge on any atom is 0.325 e. The number of nitrogens with one attached hydrogen (secondary N) is 2. The third kappa shape index (κ3) is 4.23. The fraction of sp³-hybridized carbons (Fsp3) is 0.412. The number of anilines is 2. The third-order valence-corrected chi connectivity index (χ3v) is 7.45. The maximum absolute atomic E-state index is 12.4. The van der Waals surface area contributed by atoms with Gasteiger partial charge in [-0.3, -0.25) is 5.32 Å². The number of benzene rings is 1. The van der Waals surface area contributed by atoms with Crippen molar-refractivity contribution < 1.29 is 17.9 Å². The predicted octanol–water partition coefficient (Wildman–Crippen LogP) is 2.89. The predicted molar refractivity (Wildman–Crippen MR) is 106 cm³/mol. The fourth-order valence-corrected chi connectivity index (χ4v) is 5.09. The lowest BCUT2D eigenvalue weighted by molar-refractivity contribution is 0.262. The first-order valence-corrected chi connectivity index (χ1v) is 10.8. The van der Waals surface area contributed by atoms with E-state index >= 15 is 0 Å². The van der Waals surface area contributed by atoms with E-state index in [2.05, 4.69) is 15.6 Å². The molecule has 0 bridgehead atoms. The lowest BCUT2D eigenvalue weighted by Crippen LogP contribution is -2.39. The van der Waals surface area contributed by atoms with Gasteiger partial charge < -0.3 is 10.1 Å². The Morgan fingerprint density at radius 1 is 1.30 bits per heavy atom. The van der Waals surface area contributed by atoms with Crippen LogP contribution in [0.3, 0.4) is 0 Å². The fourth-order valence-electron chi connectivity index (χ4n) is 2.74. The van der Waals surface area contributed by atoms with Crippen molar-refractivity contribution in [3.05, 3.63) is 34.8 Å². The summed E-state index contributed by atoms with van der Waals surface area (Å²) in [4.78, 5) is 17.5. The topological polar surface area (TPSA) is 101 Å². The van der Waals surface area contributed by atoms with Crippen molar-refractivity contribution in [2.75, 3.05) is 24.3 Å². The van der Waals surface area contributed by atoms with Gasteiger partial charge in [0.15, 0.2) is 5.13 Å². The highest BCUT2D eigenvalue weighted by Gasteiger charge is 2.31. The normalized spacial score (nSPS) is 14.7. The summed E-state index contributed by atoms with van der Waals surface area (Å²) in [6.45, 7) is 4.05. The Morgan fingerprint density at radius 2 is 2.04 bits per heavy atom. The largest absolute Gasteiger partial charge is 0.495 e. The first kappa shape index (κ1) is 19.6. The summed E-state index contributed by atoms with van der Waals surface area (Å²) in [5, 5.41) is 5.41. The molecule has 0 saturated carbocycles. The maximum atomic E-state index is 12.4. The van der Waals surface area contributed by atoms with Gasteiger partial charge in [-0.25, -0.2) is 18.2 Å². The van der Waals surface area contributed by atoms with Crippen LogP contribution in [0.15, 0.2) is 24.3 Å². The van der Waals surface area contributed by atoms with Crippen molar-refractivity contribution in [3.63, 3.8) is 0 Å². The minimum Gasteiger partial charge on any atom is -0.495 e. The highest BCUT2D eigenvalue weighted by molar-refractivity contribution is 7.89. The lowest BCUT2D eigenvalue weighted by atomic mass is 10.2. The molecule has 27 heavy (non-hydrogen) atoms. The molecule has 1 aromatic carbocycles. The number of hydrogen-bond donors (Lipinski definition) is 2. The Bertz CT molecular complexity index is 940. The van der Waals surface area contributed by atoms with Crippen LogP contribution in [0, 0.1) is 0 Å². The van der Waals surface area contributed by atoms with Crippen LogP contribution in [0.5, 0.6) is 5.75 Å². The van der Waals surface area contributed by atoms with E-state index in [0.717, 1.165) is 10.6 Å². The number of aromatic nitrogens is 1. The molecule has 2 aromatic rings. The summed E-state index contributed by atoms with van der Waals surface area (Å²) in [6, 6.07) is 6.66. The molecule has 8 nitrogen and oxygen atoms in total. The summed E-state index contributed by atoms with van der Waals surface area (Å²) in [7, 11) is -1.77. The molecular weight excluding hydrogens is 388 g/mol. The summed E-state index contributed by atoms with van der Waals surface area (Å²) >= 11 is 1.30. The Labute approximate surface area is 162 Å². The van der Waals surface area contributed by atoms with Crippen LogP contribution in [0.2, 0.25) is 0 Å². The van der Waals surface area contributed by atoms with Gasteiger partial charge in [0, 0.05) is 24.4 Å². The van der Waals surface area contributed by atoms with Gasteiger partial charge in [-0.05, 0) is 26.0 Å². The van der Waals surface area contributed by atoms with Crippen LogP contribution >= 0.6 is 11.3 Å². The third-order valence-electron chi connectivity index (χ3n) is 4.23. The quantitative estimate of drug-likeness (QED) is 0.789. The molecule has 2 N–H and O–H groups in total. The molecule has 1 aliphatic heterocycles. The van der Waals surface area contributed by atoms with Crippen LogP contribution in [-0.2, 0) is 23.0 Å². The molecular formula is C17H22N4O4S2. The molecule has 146 valence electrons. The van der Waals surface area contributed by atoms with Gasteiger partial charge in [0.2, 0.25) is 10.0 Å². The zero-order chi connectivity index (χ0) is 19.6. The standard InChI is InChI=1S/C17H22N4O4S2/c1-11(2)27(23,24)21-9-8-13-15(10-21)26-17(19-13)20-16(22)18-12-6-4-5-7-14(12)25-3/h4-7,11H,8-10H2,1-3H3,(H2,18,19,20,22). The van der Waals surface area contributed by atoms with Gasteiger partial charge in [0.05, 0.1) is 23.7 Å².